The molecule has 0 spiro atoms. The van der Waals surface area contributed by atoms with E-state index in [2.05, 4.69) is 65.9 Å². The van der Waals surface area contributed by atoms with Crippen molar-refractivity contribution in [1.82, 2.24) is 0 Å². The number of benzene rings is 1. The van der Waals surface area contributed by atoms with Crippen LogP contribution in [-0.2, 0) is 5.31 Å². The standard InChI is InChI=1S/C31H45B/c1-25-10-22-11-26(2,16-25)19-29(14-22,18-25)31(32,24-8-6-5-7-9-24)30-15-23-12-27(3,20-30)17-28(4,13-23)21-30/h5-9,22-23H,10-21,32H2,1-4H3. The van der Waals surface area contributed by atoms with Gasteiger partial charge in [0.05, 0.1) is 0 Å². The Bertz CT molecular complexity index is 868. The van der Waals surface area contributed by atoms with Crippen molar-refractivity contribution in [3.63, 3.8) is 0 Å². The SMILES string of the molecule is BC(c1ccccc1)(C12CC3CC(C)(CC(C)(C3)C1)C2)C12CC3CC(C)(CC(C)(C3)C1)C2. The lowest BCUT2D eigenvalue weighted by atomic mass is 9.23. The Morgan fingerprint density at radius 3 is 1.31 bits per heavy atom. The highest BCUT2D eigenvalue weighted by atomic mass is 14.8. The van der Waals surface area contributed by atoms with E-state index in [0.717, 1.165) is 11.8 Å². The average molecular weight is 429 g/mol. The molecule has 1 aromatic rings. The molecule has 0 nitrogen and oxygen atoms in total. The Hall–Kier alpha value is -0.715. The van der Waals surface area contributed by atoms with E-state index >= 15 is 0 Å². The zero-order chi connectivity index (χ0) is 22.3. The van der Waals surface area contributed by atoms with Gasteiger partial charge >= 0.3 is 0 Å². The Morgan fingerprint density at radius 2 is 0.969 bits per heavy atom. The normalized spacial score (nSPS) is 57.0. The molecule has 0 radical (unpaired) electrons. The average Bonchev–Trinajstić information content (AvgIpc) is 2.62. The van der Waals surface area contributed by atoms with Crippen LogP contribution in [0.4, 0.5) is 0 Å². The van der Waals surface area contributed by atoms with Crippen LogP contribution in [0.1, 0.15) is 110 Å². The lowest BCUT2D eigenvalue weighted by Gasteiger charge is -2.77. The third kappa shape index (κ3) is 2.48. The van der Waals surface area contributed by atoms with E-state index in [0.29, 0.717) is 37.8 Å². The van der Waals surface area contributed by atoms with Gasteiger partial charge in [0.1, 0.15) is 7.85 Å². The molecular formula is C31H45B. The first-order valence-electron chi connectivity index (χ1n) is 14.0. The molecule has 0 aromatic heterocycles. The molecule has 8 fully saturated rings. The first-order valence-corrected chi connectivity index (χ1v) is 14.0. The second-order valence-corrected chi connectivity index (χ2v) is 16.3. The topological polar surface area (TPSA) is 0 Å². The fourth-order valence-corrected chi connectivity index (χ4v) is 14.0. The zero-order valence-electron chi connectivity index (χ0n) is 21.5. The molecule has 0 amide bonds. The molecule has 4 unspecified atom stereocenters. The van der Waals surface area contributed by atoms with Gasteiger partial charge in [-0.05, 0) is 132 Å². The first-order chi connectivity index (χ1) is 14.9. The number of hydrogen-bond acceptors (Lipinski definition) is 0. The molecule has 0 aliphatic heterocycles. The summed E-state index contributed by atoms with van der Waals surface area (Å²) in [6, 6.07) is 12.1. The van der Waals surface area contributed by atoms with Crippen molar-refractivity contribution in [3.05, 3.63) is 35.9 Å². The Balaban J connectivity index is 1.46. The predicted octanol–water partition coefficient (Wildman–Crippen LogP) is 7.51. The van der Waals surface area contributed by atoms with E-state index in [1.807, 2.05) is 0 Å². The van der Waals surface area contributed by atoms with Gasteiger partial charge < -0.3 is 0 Å². The molecule has 172 valence electrons. The van der Waals surface area contributed by atoms with Crippen LogP contribution in [0.2, 0.25) is 0 Å². The van der Waals surface area contributed by atoms with Gasteiger partial charge in [-0.1, -0.05) is 58.0 Å². The molecule has 1 heteroatoms. The van der Waals surface area contributed by atoms with Crippen LogP contribution in [0.5, 0.6) is 0 Å². The largest absolute Gasteiger partial charge is 0.116 e. The van der Waals surface area contributed by atoms with Crippen molar-refractivity contribution in [2.24, 2.45) is 44.3 Å². The van der Waals surface area contributed by atoms with E-state index in [9.17, 15) is 0 Å². The lowest BCUT2D eigenvalue weighted by Crippen LogP contribution is -2.71. The lowest BCUT2D eigenvalue weighted by molar-refractivity contribution is -0.226. The summed E-state index contributed by atoms with van der Waals surface area (Å²) in [6.07, 6.45) is 18.1. The van der Waals surface area contributed by atoms with Gasteiger partial charge in [0.25, 0.3) is 0 Å². The van der Waals surface area contributed by atoms with Crippen molar-refractivity contribution >= 4 is 7.85 Å². The smallest absolute Gasteiger partial charge is 0.0622 e. The van der Waals surface area contributed by atoms with Crippen molar-refractivity contribution < 1.29 is 0 Å². The molecule has 8 aliphatic carbocycles. The molecule has 8 saturated carbocycles. The fraction of sp³-hybridized carbons (Fsp3) is 0.806. The quantitative estimate of drug-likeness (QED) is 0.437. The van der Waals surface area contributed by atoms with Crippen molar-refractivity contribution in [3.8, 4) is 0 Å². The highest BCUT2D eigenvalue weighted by molar-refractivity contribution is 6.17. The third-order valence-electron chi connectivity index (χ3n) is 12.7. The summed E-state index contributed by atoms with van der Waals surface area (Å²) in [6.45, 7) is 10.8. The highest BCUT2D eigenvalue weighted by Gasteiger charge is 2.73. The minimum absolute atomic E-state index is 0.311. The summed E-state index contributed by atoms with van der Waals surface area (Å²) < 4.78 is 0. The van der Waals surface area contributed by atoms with E-state index in [1.165, 1.54) is 77.0 Å². The third-order valence-corrected chi connectivity index (χ3v) is 12.7. The van der Waals surface area contributed by atoms with Crippen LogP contribution in [0.3, 0.4) is 0 Å². The van der Waals surface area contributed by atoms with Crippen molar-refractivity contribution in [2.75, 3.05) is 0 Å². The molecule has 9 rings (SSSR count). The van der Waals surface area contributed by atoms with Gasteiger partial charge in [0.15, 0.2) is 0 Å². The fourth-order valence-electron chi connectivity index (χ4n) is 14.0. The van der Waals surface area contributed by atoms with Gasteiger partial charge in [-0.25, -0.2) is 0 Å². The van der Waals surface area contributed by atoms with Crippen molar-refractivity contribution in [2.45, 2.75) is 110 Å². The van der Waals surface area contributed by atoms with Gasteiger partial charge in [-0.3, -0.25) is 0 Å². The van der Waals surface area contributed by atoms with Crippen LogP contribution >= 0.6 is 0 Å². The predicted molar refractivity (Wildman–Crippen MR) is 136 cm³/mol. The molecule has 0 heterocycles. The van der Waals surface area contributed by atoms with Crippen LogP contribution < -0.4 is 0 Å². The second kappa shape index (κ2) is 5.74. The molecule has 0 saturated heterocycles. The summed E-state index contributed by atoms with van der Waals surface area (Å²) in [7, 11) is 2.84. The molecule has 8 aliphatic rings. The van der Waals surface area contributed by atoms with Gasteiger partial charge in [0.2, 0.25) is 0 Å². The Kier molecular flexibility index (Phi) is 3.70. The zero-order valence-corrected chi connectivity index (χ0v) is 21.5. The van der Waals surface area contributed by atoms with Gasteiger partial charge in [0, 0.05) is 0 Å². The maximum absolute atomic E-state index is 2.84. The van der Waals surface area contributed by atoms with E-state index in [1.54, 1.807) is 5.56 Å². The molecule has 1 aromatic carbocycles. The summed E-state index contributed by atoms with van der Waals surface area (Å²) in [4.78, 5) is 0. The van der Waals surface area contributed by atoms with Crippen LogP contribution in [0.25, 0.3) is 0 Å². The second-order valence-electron chi connectivity index (χ2n) is 16.3. The summed E-state index contributed by atoms with van der Waals surface area (Å²) in [5.41, 5.74) is 5.04. The molecular weight excluding hydrogens is 383 g/mol. The van der Waals surface area contributed by atoms with Gasteiger partial charge in [-0.2, -0.15) is 0 Å². The first kappa shape index (κ1) is 20.6. The molecule has 4 atom stereocenters. The van der Waals surface area contributed by atoms with Crippen molar-refractivity contribution in [1.29, 1.82) is 0 Å². The Labute approximate surface area is 198 Å². The maximum Gasteiger partial charge on any atom is 0.116 e. The van der Waals surface area contributed by atoms with Crippen LogP contribution in [0, 0.1) is 44.3 Å². The maximum atomic E-state index is 2.84. The minimum atomic E-state index is 0.311. The summed E-state index contributed by atoms with van der Waals surface area (Å²) in [5, 5.41) is 0.311. The molecule has 32 heavy (non-hydrogen) atoms. The highest BCUT2D eigenvalue weighted by Crippen LogP contribution is 2.81. The number of rotatable bonds is 3. The van der Waals surface area contributed by atoms with Crippen LogP contribution in [-0.4, -0.2) is 7.85 Å². The summed E-state index contributed by atoms with van der Waals surface area (Å²) in [5.74, 6) is 1.95. The summed E-state index contributed by atoms with van der Waals surface area (Å²) >= 11 is 0. The molecule has 8 bridgehead atoms. The van der Waals surface area contributed by atoms with E-state index in [4.69, 9.17) is 0 Å². The minimum Gasteiger partial charge on any atom is -0.0622 e. The van der Waals surface area contributed by atoms with Crippen LogP contribution in [0.15, 0.2) is 30.3 Å². The molecule has 0 N–H and O–H groups in total. The monoisotopic (exact) mass is 428 g/mol. The van der Waals surface area contributed by atoms with E-state index in [-0.39, 0.29) is 0 Å². The Morgan fingerprint density at radius 1 is 0.594 bits per heavy atom. The number of hydrogen-bond donors (Lipinski definition) is 0. The van der Waals surface area contributed by atoms with E-state index < -0.39 is 0 Å². The van der Waals surface area contributed by atoms with Gasteiger partial charge in [-0.15, -0.1) is 0 Å².